The highest BCUT2D eigenvalue weighted by atomic mass is 79.9. The van der Waals surface area contributed by atoms with Crippen LogP contribution in [0.5, 0.6) is 5.88 Å². The van der Waals surface area contributed by atoms with E-state index in [1.807, 2.05) is 0 Å². The van der Waals surface area contributed by atoms with E-state index in [-0.39, 0.29) is 6.61 Å². The third-order valence-electron chi connectivity index (χ3n) is 3.25. The monoisotopic (exact) mass is 344 g/mol. The normalized spacial score (nSPS) is 26.3. The third-order valence-corrected chi connectivity index (χ3v) is 3.60. The first kappa shape index (κ1) is 13.7. The predicted octanol–water partition coefficient (Wildman–Crippen LogP) is 0.238. The van der Waals surface area contributed by atoms with Crippen molar-refractivity contribution in [1.29, 1.82) is 0 Å². The molecule has 1 aliphatic rings. The van der Waals surface area contributed by atoms with Gasteiger partial charge in [0.1, 0.15) is 12.3 Å². The Kier molecular flexibility index (Phi) is 3.59. The Morgan fingerprint density at radius 2 is 2.35 bits per heavy atom. The van der Waals surface area contributed by atoms with E-state index in [9.17, 15) is 5.11 Å². The smallest absolute Gasteiger partial charge is 0.246 e. The molecule has 3 rings (SSSR count). The van der Waals surface area contributed by atoms with E-state index in [2.05, 4.69) is 30.9 Å². The van der Waals surface area contributed by atoms with Crippen LogP contribution in [0.25, 0.3) is 11.2 Å². The van der Waals surface area contributed by atoms with Gasteiger partial charge in [-0.05, 0) is 15.9 Å². The molecule has 0 spiro atoms. The SMILES string of the molecule is COc1nc(Br)nc2c1ncn2[C@H]1C[C@H](O)[C@@H](CO)O1. The molecule has 2 aromatic rings. The van der Waals surface area contributed by atoms with E-state index < -0.39 is 18.4 Å². The first-order valence-electron chi connectivity index (χ1n) is 6.02. The fraction of sp³-hybridized carbons (Fsp3) is 0.545. The molecule has 0 aliphatic carbocycles. The van der Waals surface area contributed by atoms with E-state index >= 15 is 0 Å². The van der Waals surface area contributed by atoms with Crippen LogP contribution in [0.1, 0.15) is 12.6 Å². The zero-order valence-corrected chi connectivity index (χ0v) is 12.2. The average Bonchev–Trinajstić information content (AvgIpc) is 3.00. The number of aliphatic hydroxyl groups is 2. The number of hydrogen-bond donors (Lipinski definition) is 2. The summed E-state index contributed by atoms with van der Waals surface area (Å²) in [5, 5.41) is 18.9. The first-order chi connectivity index (χ1) is 9.63. The van der Waals surface area contributed by atoms with Crippen molar-refractivity contribution in [2.24, 2.45) is 0 Å². The minimum atomic E-state index is -0.713. The highest BCUT2D eigenvalue weighted by molar-refractivity contribution is 9.10. The second kappa shape index (κ2) is 5.24. The number of fused-ring (bicyclic) bond motifs is 1. The van der Waals surface area contributed by atoms with Gasteiger partial charge in [-0.1, -0.05) is 0 Å². The molecule has 3 heterocycles. The van der Waals surface area contributed by atoms with Crippen LogP contribution in [-0.2, 0) is 4.74 Å². The standard InChI is InChI=1S/C11H13BrN4O4/c1-19-10-8-9(14-11(12)15-10)16(4-13-8)7-2-5(18)6(3-17)20-7/h4-7,17-18H,2-3H2,1H3/t5-,6+,7+/m0/s1. The summed E-state index contributed by atoms with van der Waals surface area (Å²) in [6.07, 6.45) is 0.185. The molecule has 1 aliphatic heterocycles. The number of nitrogens with zero attached hydrogens (tertiary/aromatic N) is 4. The van der Waals surface area contributed by atoms with Crippen molar-refractivity contribution in [1.82, 2.24) is 19.5 Å². The van der Waals surface area contributed by atoms with E-state index in [0.29, 0.717) is 28.2 Å². The van der Waals surface area contributed by atoms with Crippen molar-refractivity contribution in [2.75, 3.05) is 13.7 Å². The van der Waals surface area contributed by atoms with E-state index in [0.717, 1.165) is 0 Å². The van der Waals surface area contributed by atoms with Gasteiger partial charge in [-0.2, -0.15) is 4.98 Å². The van der Waals surface area contributed by atoms with Crippen molar-refractivity contribution in [3.05, 3.63) is 11.1 Å². The van der Waals surface area contributed by atoms with Crippen LogP contribution in [0.4, 0.5) is 0 Å². The van der Waals surface area contributed by atoms with Crippen LogP contribution in [0.2, 0.25) is 0 Å². The molecular formula is C11H13BrN4O4. The van der Waals surface area contributed by atoms with Gasteiger partial charge in [0, 0.05) is 6.42 Å². The number of rotatable bonds is 3. The van der Waals surface area contributed by atoms with Gasteiger partial charge >= 0.3 is 0 Å². The van der Waals surface area contributed by atoms with Gasteiger partial charge in [-0.25, -0.2) is 9.97 Å². The van der Waals surface area contributed by atoms with Crippen molar-refractivity contribution in [3.8, 4) is 5.88 Å². The molecule has 2 N–H and O–H groups in total. The van der Waals surface area contributed by atoms with Crippen LogP contribution >= 0.6 is 15.9 Å². The summed E-state index contributed by atoms with van der Waals surface area (Å²) < 4.78 is 12.8. The van der Waals surface area contributed by atoms with Gasteiger partial charge < -0.3 is 19.7 Å². The van der Waals surface area contributed by atoms with Crippen molar-refractivity contribution in [2.45, 2.75) is 24.9 Å². The summed E-state index contributed by atoms with van der Waals surface area (Å²) in [5.74, 6) is 0.359. The molecule has 0 amide bonds. The highest BCUT2D eigenvalue weighted by Crippen LogP contribution is 2.32. The van der Waals surface area contributed by atoms with Gasteiger partial charge in [0.25, 0.3) is 0 Å². The maximum Gasteiger partial charge on any atom is 0.246 e. The molecule has 20 heavy (non-hydrogen) atoms. The van der Waals surface area contributed by atoms with Crippen molar-refractivity contribution >= 4 is 27.1 Å². The van der Waals surface area contributed by atoms with Gasteiger partial charge in [0.05, 0.1) is 26.1 Å². The summed E-state index contributed by atoms with van der Waals surface area (Å²) in [4.78, 5) is 12.6. The van der Waals surface area contributed by atoms with Crippen LogP contribution in [0, 0.1) is 0 Å². The zero-order chi connectivity index (χ0) is 14.3. The Balaban J connectivity index is 2.03. The lowest BCUT2D eigenvalue weighted by Crippen LogP contribution is -2.24. The molecule has 3 atom stereocenters. The topological polar surface area (TPSA) is 103 Å². The largest absolute Gasteiger partial charge is 0.479 e. The second-order valence-electron chi connectivity index (χ2n) is 4.44. The lowest BCUT2D eigenvalue weighted by Gasteiger charge is -2.13. The lowest BCUT2D eigenvalue weighted by atomic mass is 10.2. The fourth-order valence-electron chi connectivity index (χ4n) is 2.27. The fourth-order valence-corrected chi connectivity index (χ4v) is 2.60. The van der Waals surface area contributed by atoms with Gasteiger partial charge in [0.15, 0.2) is 11.2 Å². The molecule has 0 aromatic carbocycles. The summed E-state index contributed by atoms with van der Waals surface area (Å²) in [6.45, 7) is -0.230. The number of imidazole rings is 1. The van der Waals surface area contributed by atoms with Crippen LogP contribution in [0.15, 0.2) is 11.1 Å². The van der Waals surface area contributed by atoms with Crippen LogP contribution < -0.4 is 4.74 Å². The Labute approximate surface area is 122 Å². The van der Waals surface area contributed by atoms with Crippen LogP contribution in [0.3, 0.4) is 0 Å². The number of aromatic nitrogens is 4. The Hall–Kier alpha value is -1.29. The summed E-state index contributed by atoms with van der Waals surface area (Å²) >= 11 is 3.22. The van der Waals surface area contributed by atoms with Gasteiger partial charge in [0.2, 0.25) is 10.6 Å². The number of halogens is 1. The lowest BCUT2D eigenvalue weighted by molar-refractivity contribution is -0.0432. The Bertz CT molecular complexity index is 634. The van der Waals surface area contributed by atoms with Crippen LogP contribution in [-0.4, -0.2) is 55.7 Å². The molecule has 0 unspecified atom stereocenters. The number of hydrogen-bond acceptors (Lipinski definition) is 7. The minimum absolute atomic E-state index is 0.230. The highest BCUT2D eigenvalue weighted by Gasteiger charge is 2.35. The van der Waals surface area contributed by atoms with Crippen molar-refractivity contribution < 1.29 is 19.7 Å². The molecule has 0 radical (unpaired) electrons. The van der Waals surface area contributed by atoms with E-state index in [1.54, 1.807) is 10.9 Å². The van der Waals surface area contributed by atoms with Gasteiger partial charge in [-0.3, -0.25) is 4.57 Å². The Morgan fingerprint density at radius 1 is 1.55 bits per heavy atom. The first-order valence-corrected chi connectivity index (χ1v) is 6.81. The molecule has 2 aromatic heterocycles. The zero-order valence-electron chi connectivity index (χ0n) is 10.6. The molecular weight excluding hydrogens is 332 g/mol. The molecule has 1 fully saturated rings. The number of methoxy groups -OCH3 is 1. The number of aliphatic hydroxyl groups excluding tert-OH is 2. The minimum Gasteiger partial charge on any atom is -0.479 e. The van der Waals surface area contributed by atoms with Crippen molar-refractivity contribution in [3.63, 3.8) is 0 Å². The molecule has 9 heteroatoms. The maximum atomic E-state index is 9.80. The summed E-state index contributed by atoms with van der Waals surface area (Å²) in [6, 6.07) is 0. The van der Waals surface area contributed by atoms with E-state index in [1.165, 1.54) is 7.11 Å². The molecule has 1 saturated heterocycles. The quantitative estimate of drug-likeness (QED) is 0.768. The van der Waals surface area contributed by atoms with E-state index in [4.69, 9.17) is 14.6 Å². The number of ether oxygens (including phenoxy) is 2. The average molecular weight is 345 g/mol. The second-order valence-corrected chi connectivity index (χ2v) is 5.15. The predicted molar refractivity (Wildman–Crippen MR) is 71.2 cm³/mol. The molecule has 8 nitrogen and oxygen atoms in total. The third kappa shape index (κ3) is 2.16. The molecule has 108 valence electrons. The summed E-state index contributed by atoms with van der Waals surface area (Å²) in [5.41, 5.74) is 1.06. The molecule has 0 saturated carbocycles. The maximum absolute atomic E-state index is 9.80. The molecule has 0 bridgehead atoms. The Morgan fingerprint density at radius 3 is 3.00 bits per heavy atom. The summed E-state index contributed by atoms with van der Waals surface area (Å²) in [7, 11) is 1.50. The van der Waals surface area contributed by atoms with Gasteiger partial charge in [-0.15, -0.1) is 0 Å².